The molecule has 90 valence electrons. The van der Waals surface area contributed by atoms with Gasteiger partial charge >= 0.3 is 10.1 Å². The maximum atomic E-state index is 11.6. The Morgan fingerprint density at radius 3 is 2.65 bits per heavy atom. The second-order valence-electron chi connectivity index (χ2n) is 3.33. The van der Waals surface area contributed by atoms with Gasteiger partial charge in [-0.25, -0.2) is 0 Å². The lowest BCUT2D eigenvalue weighted by Crippen LogP contribution is -2.04. The quantitative estimate of drug-likeness (QED) is 0.593. The highest BCUT2D eigenvalue weighted by molar-refractivity contribution is 7.86. The van der Waals surface area contributed by atoms with Crippen LogP contribution in [-0.4, -0.2) is 14.1 Å². The van der Waals surface area contributed by atoms with E-state index in [0.717, 1.165) is 0 Å². The van der Waals surface area contributed by atoms with E-state index in [4.69, 9.17) is 5.26 Å². The normalized spacial score (nSPS) is 11.9. The van der Waals surface area contributed by atoms with Gasteiger partial charge in [-0.3, -0.25) is 4.28 Å². The van der Waals surface area contributed by atoms with Gasteiger partial charge in [0.2, 0.25) is 0 Å². The van der Waals surface area contributed by atoms with Crippen LogP contribution >= 0.6 is 0 Å². The van der Waals surface area contributed by atoms with Crippen molar-refractivity contribution in [2.75, 3.05) is 0 Å². The highest BCUT2D eigenvalue weighted by atomic mass is 32.2. The highest BCUT2D eigenvalue weighted by Gasteiger charge is 2.14. The number of rotatable bonds is 5. The van der Waals surface area contributed by atoms with Crippen molar-refractivity contribution in [3.8, 4) is 6.07 Å². The van der Waals surface area contributed by atoms with Crippen molar-refractivity contribution in [2.45, 2.75) is 24.7 Å². The van der Waals surface area contributed by atoms with Gasteiger partial charge in [-0.2, -0.15) is 13.7 Å². The fourth-order valence-electron chi connectivity index (χ4n) is 1.03. The number of nitrogens with zero attached hydrogens (tertiary/aromatic N) is 2. The molecule has 0 unspecified atom stereocenters. The predicted molar refractivity (Wildman–Crippen MR) is 62.7 cm³/mol. The molecule has 0 N–H and O–H groups in total. The molecule has 0 spiro atoms. The number of nitriles is 1. The summed E-state index contributed by atoms with van der Waals surface area (Å²) in [5.74, 6) is 0. The van der Waals surface area contributed by atoms with E-state index >= 15 is 0 Å². The molecule has 1 rings (SSSR count). The van der Waals surface area contributed by atoms with Gasteiger partial charge in [0.1, 0.15) is 4.90 Å². The van der Waals surface area contributed by atoms with Crippen LogP contribution in [-0.2, 0) is 14.4 Å². The second-order valence-corrected chi connectivity index (χ2v) is 4.86. The fourth-order valence-corrected chi connectivity index (χ4v) is 1.83. The van der Waals surface area contributed by atoms with Crippen molar-refractivity contribution in [1.29, 1.82) is 5.26 Å². The predicted octanol–water partition coefficient (Wildman–Crippen LogP) is 2.07. The lowest BCUT2D eigenvalue weighted by Gasteiger charge is -2.01. The van der Waals surface area contributed by atoms with E-state index in [0.29, 0.717) is 12.1 Å². The average Bonchev–Trinajstić information content (AvgIpc) is 2.35. The molecule has 5 nitrogen and oxygen atoms in total. The van der Waals surface area contributed by atoms with Gasteiger partial charge < -0.3 is 0 Å². The number of benzene rings is 1. The molecule has 0 fully saturated rings. The Kier molecular flexibility index (Phi) is 4.67. The van der Waals surface area contributed by atoms with E-state index in [1.165, 1.54) is 12.1 Å². The summed E-state index contributed by atoms with van der Waals surface area (Å²) in [4.78, 5) is 0.0526. The summed E-state index contributed by atoms with van der Waals surface area (Å²) in [5.41, 5.74) is 0.464. The van der Waals surface area contributed by atoms with E-state index in [1.54, 1.807) is 25.1 Å². The molecule has 1 aromatic carbocycles. The largest absolute Gasteiger partial charge is 0.358 e. The minimum Gasteiger partial charge on any atom is -0.265 e. The molecule has 0 aliphatic carbocycles. The molecule has 1 aromatic rings. The molecule has 17 heavy (non-hydrogen) atoms. The monoisotopic (exact) mass is 252 g/mol. The zero-order valence-electron chi connectivity index (χ0n) is 9.33. The summed E-state index contributed by atoms with van der Waals surface area (Å²) in [6.07, 6.45) is 0.672. The van der Waals surface area contributed by atoms with E-state index < -0.39 is 10.1 Å². The van der Waals surface area contributed by atoms with Crippen LogP contribution in [0.15, 0.2) is 40.4 Å². The Balaban J connectivity index is 2.73. The molecule has 0 saturated heterocycles. The zero-order valence-corrected chi connectivity index (χ0v) is 10.1. The first kappa shape index (κ1) is 13.2. The van der Waals surface area contributed by atoms with E-state index in [-0.39, 0.29) is 11.3 Å². The summed E-state index contributed by atoms with van der Waals surface area (Å²) >= 11 is 0. The van der Waals surface area contributed by atoms with Crippen molar-refractivity contribution in [3.63, 3.8) is 0 Å². The van der Waals surface area contributed by atoms with Gasteiger partial charge in [0, 0.05) is 12.8 Å². The van der Waals surface area contributed by atoms with Crippen molar-refractivity contribution >= 4 is 15.8 Å². The fraction of sp³-hybridized carbons (Fsp3) is 0.273. The zero-order chi connectivity index (χ0) is 12.7. The topological polar surface area (TPSA) is 79.5 Å². The summed E-state index contributed by atoms with van der Waals surface area (Å²) in [6.45, 7) is 1.61. The van der Waals surface area contributed by atoms with E-state index in [2.05, 4.69) is 9.44 Å². The summed E-state index contributed by atoms with van der Waals surface area (Å²) in [6, 6.07) is 9.70. The number of hydrogen-bond acceptors (Lipinski definition) is 5. The summed E-state index contributed by atoms with van der Waals surface area (Å²) in [7, 11) is -3.85. The van der Waals surface area contributed by atoms with Crippen LogP contribution < -0.4 is 0 Å². The SMILES string of the molecule is C/C(CCC#N)=N\OS(=O)(=O)c1ccccc1. The first-order valence-corrected chi connectivity index (χ1v) is 6.36. The molecule has 0 saturated carbocycles. The third-order valence-corrected chi connectivity index (χ3v) is 3.04. The second kappa shape index (κ2) is 6.01. The lowest BCUT2D eigenvalue weighted by atomic mass is 10.2. The van der Waals surface area contributed by atoms with Crippen molar-refractivity contribution in [2.24, 2.45) is 5.16 Å². The molecule has 0 heterocycles. The van der Waals surface area contributed by atoms with E-state index in [1.807, 2.05) is 6.07 Å². The number of hydrogen-bond donors (Lipinski definition) is 0. The Morgan fingerprint density at radius 2 is 2.06 bits per heavy atom. The average molecular weight is 252 g/mol. The minimum absolute atomic E-state index is 0.0526. The van der Waals surface area contributed by atoms with Gasteiger partial charge in [0.15, 0.2) is 0 Å². The van der Waals surface area contributed by atoms with Crippen LogP contribution in [0, 0.1) is 11.3 Å². The van der Waals surface area contributed by atoms with Crippen LogP contribution in [0.1, 0.15) is 19.8 Å². The molecule has 0 radical (unpaired) electrons. The van der Waals surface area contributed by atoms with Crippen molar-refractivity contribution < 1.29 is 12.7 Å². The standard InChI is InChI=1S/C11H12N2O3S/c1-10(6-5-9-12)13-16-17(14,15)11-7-3-2-4-8-11/h2-4,7-8H,5-6H2,1H3/b13-10+. The molecular weight excluding hydrogens is 240 g/mol. The van der Waals surface area contributed by atoms with Crippen LogP contribution in [0.4, 0.5) is 0 Å². The molecule has 6 heteroatoms. The molecular formula is C11H12N2O3S. The maximum absolute atomic E-state index is 11.6. The third-order valence-electron chi connectivity index (χ3n) is 1.92. The smallest absolute Gasteiger partial charge is 0.265 e. The number of oxime groups is 1. The Hall–Kier alpha value is -1.87. The maximum Gasteiger partial charge on any atom is 0.358 e. The molecule has 0 aliphatic heterocycles. The van der Waals surface area contributed by atoms with Crippen molar-refractivity contribution in [1.82, 2.24) is 0 Å². The van der Waals surface area contributed by atoms with Gasteiger partial charge in [0.05, 0.1) is 11.8 Å². The van der Waals surface area contributed by atoms with E-state index in [9.17, 15) is 8.42 Å². The van der Waals surface area contributed by atoms with Crippen LogP contribution in [0.2, 0.25) is 0 Å². The summed E-state index contributed by atoms with van der Waals surface area (Å²) < 4.78 is 27.8. The first-order chi connectivity index (χ1) is 8.06. The van der Waals surface area contributed by atoms with Crippen LogP contribution in [0.5, 0.6) is 0 Å². The highest BCUT2D eigenvalue weighted by Crippen LogP contribution is 2.11. The van der Waals surface area contributed by atoms with Gasteiger partial charge in [-0.1, -0.05) is 23.4 Å². The molecule has 0 atom stereocenters. The molecule has 0 aromatic heterocycles. The molecule has 0 amide bonds. The van der Waals surface area contributed by atoms with Crippen LogP contribution in [0.25, 0.3) is 0 Å². The van der Waals surface area contributed by atoms with Crippen molar-refractivity contribution in [3.05, 3.63) is 30.3 Å². The van der Waals surface area contributed by atoms with Gasteiger partial charge in [0.25, 0.3) is 0 Å². The van der Waals surface area contributed by atoms with Crippen LogP contribution in [0.3, 0.4) is 0 Å². The Morgan fingerprint density at radius 1 is 1.41 bits per heavy atom. The Bertz CT molecular complexity index is 530. The lowest BCUT2D eigenvalue weighted by molar-refractivity contribution is 0.337. The van der Waals surface area contributed by atoms with Gasteiger partial charge in [-0.05, 0) is 19.1 Å². The summed E-state index contributed by atoms with van der Waals surface area (Å²) in [5, 5.41) is 11.8. The minimum atomic E-state index is -3.85. The van der Waals surface area contributed by atoms with Gasteiger partial charge in [-0.15, -0.1) is 0 Å². The first-order valence-electron chi connectivity index (χ1n) is 4.95. The molecule has 0 bridgehead atoms. The third kappa shape index (κ3) is 4.25. The molecule has 0 aliphatic rings. The Labute approximate surface area is 100 Å².